The molecule has 2 atom stereocenters. The Morgan fingerprint density at radius 2 is 2.23 bits per heavy atom. The second kappa shape index (κ2) is 7.45. The highest BCUT2D eigenvalue weighted by atomic mass is 19.1. The number of carbonyl (C=O) groups excluding carboxylic acids is 1. The Labute approximate surface area is 130 Å². The Hall–Kier alpha value is -1.82. The van der Waals surface area contributed by atoms with E-state index >= 15 is 0 Å². The molecule has 1 aromatic rings. The fourth-order valence-corrected chi connectivity index (χ4v) is 2.64. The maximum absolute atomic E-state index is 13.5. The molecule has 122 valence electrons. The van der Waals surface area contributed by atoms with Crippen molar-refractivity contribution in [3.8, 4) is 0 Å². The van der Waals surface area contributed by atoms with Crippen molar-refractivity contribution in [1.29, 1.82) is 0 Å². The normalized spacial score (nSPS) is 19.4. The molecular formula is C16H24FN3O2. The van der Waals surface area contributed by atoms with Gasteiger partial charge in [-0.2, -0.15) is 0 Å². The van der Waals surface area contributed by atoms with Crippen LogP contribution in [-0.4, -0.2) is 39.4 Å². The lowest BCUT2D eigenvalue weighted by Gasteiger charge is -2.26. The molecule has 1 heterocycles. The number of nitrogens with zero attached hydrogens (tertiary/aromatic N) is 1. The molecule has 1 aliphatic heterocycles. The van der Waals surface area contributed by atoms with Gasteiger partial charge in [-0.15, -0.1) is 0 Å². The highest BCUT2D eigenvalue weighted by Gasteiger charge is 2.19. The number of halogens is 1. The first-order chi connectivity index (χ1) is 10.5. The summed E-state index contributed by atoms with van der Waals surface area (Å²) in [4.78, 5) is 14.0. The third kappa shape index (κ3) is 4.34. The van der Waals surface area contributed by atoms with Crippen LogP contribution in [0.1, 0.15) is 31.4 Å². The number of carbonyl (C=O) groups is 1. The molecule has 0 saturated carbocycles. The highest BCUT2D eigenvalue weighted by Crippen LogP contribution is 2.25. The van der Waals surface area contributed by atoms with Crippen LogP contribution in [0.25, 0.3) is 0 Å². The zero-order chi connectivity index (χ0) is 16.1. The zero-order valence-electron chi connectivity index (χ0n) is 13.4. The summed E-state index contributed by atoms with van der Waals surface area (Å²) in [6.07, 6.45) is 1.87. The van der Waals surface area contributed by atoms with Gasteiger partial charge < -0.3 is 20.3 Å². The lowest BCUT2D eigenvalue weighted by atomic mass is 10.1. The van der Waals surface area contributed by atoms with E-state index in [1.165, 1.54) is 12.1 Å². The third-order valence-corrected chi connectivity index (χ3v) is 3.78. The summed E-state index contributed by atoms with van der Waals surface area (Å²) < 4.78 is 18.9. The number of ether oxygens (including phenoxy) is 1. The van der Waals surface area contributed by atoms with Crippen molar-refractivity contribution in [1.82, 2.24) is 10.6 Å². The van der Waals surface area contributed by atoms with E-state index in [9.17, 15) is 9.18 Å². The Bertz CT molecular complexity index is 516. The van der Waals surface area contributed by atoms with Crippen LogP contribution < -0.4 is 15.5 Å². The van der Waals surface area contributed by atoms with E-state index in [0.717, 1.165) is 30.7 Å². The molecule has 0 aliphatic carbocycles. The van der Waals surface area contributed by atoms with Crippen molar-refractivity contribution in [3.05, 3.63) is 29.6 Å². The zero-order valence-corrected chi connectivity index (χ0v) is 13.4. The topological polar surface area (TPSA) is 53.6 Å². The van der Waals surface area contributed by atoms with Gasteiger partial charge in [0, 0.05) is 32.0 Å². The summed E-state index contributed by atoms with van der Waals surface area (Å²) in [7, 11) is 3.78. The monoisotopic (exact) mass is 309 g/mol. The summed E-state index contributed by atoms with van der Waals surface area (Å²) in [5, 5.41) is 5.77. The molecule has 0 radical (unpaired) electrons. The third-order valence-electron chi connectivity index (χ3n) is 3.78. The second-order valence-electron chi connectivity index (χ2n) is 5.85. The first kappa shape index (κ1) is 16.5. The molecule has 0 aromatic heterocycles. The maximum Gasteiger partial charge on any atom is 0.315 e. The number of anilines is 1. The Kier molecular flexibility index (Phi) is 5.60. The minimum absolute atomic E-state index is 0.0433. The Balaban J connectivity index is 2.00. The van der Waals surface area contributed by atoms with E-state index in [0.29, 0.717) is 6.61 Å². The first-order valence-electron chi connectivity index (χ1n) is 7.59. The van der Waals surface area contributed by atoms with Crippen LogP contribution >= 0.6 is 0 Å². The van der Waals surface area contributed by atoms with Gasteiger partial charge in [-0.05, 0) is 38.0 Å². The average Bonchev–Trinajstić information content (AvgIpc) is 2.47. The van der Waals surface area contributed by atoms with E-state index in [1.807, 2.05) is 25.9 Å². The molecule has 1 aliphatic rings. The smallest absolute Gasteiger partial charge is 0.315 e. The van der Waals surface area contributed by atoms with Gasteiger partial charge >= 0.3 is 6.03 Å². The minimum Gasteiger partial charge on any atom is -0.379 e. The molecule has 2 N–H and O–H groups in total. The van der Waals surface area contributed by atoms with Crippen LogP contribution in [0.3, 0.4) is 0 Å². The minimum atomic E-state index is -0.310. The number of rotatable bonds is 4. The Morgan fingerprint density at radius 3 is 2.86 bits per heavy atom. The van der Waals surface area contributed by atoms with Crippen LogP contribution in [0.5, 0.6) is 0 Å². The predicted molar refractivity (Wildman–Crippen MR) is 84.7 cm³/mol. The van der Waals surface area contributed by atoms with Crippen molar-refractivity contribution < 1.29 is 13.9 Å². The maximum atomic E-state index is 13.5. The summed E-state index contributed by atoms with van der Waals surface area (Å²) in [5.74, 6) is -0.310. The highest BCUT2D eigenvalue weighted by molar-refractivity contribution is 5.75. The van der Waals surface area contributed by atoms with Crippen molar-refractivity contribution in [3.63, 3.8) is 0 Å². The van der Waals surface area contributed by atoms with Gasteiger partial charge in [0.05, 0.1) is 18.7 Å². The summed E-state index contributed by atoms with van der Waals surface area (Å²) in [6, 6.07) is 4.10. The average molecular weight is 309 g/mol. The lowest BCUT2D eigenvalue weighted by molar-refractivity contribution is 0.0730. The molecule has 1 fully saturated rings. The van der Waals surface area contributed by atoms with Crippen molar-refractivity contribution in [2.75, 3.05) is 32.2 Å². The van der Waals surface area contributed by atoms with Crippen molar-refractivity contribution >= 4 is 11.7 Å². The largest absolute Gasteiger partial charge is 0.379 e. The van der Waals surface area contributed by atoms with Gasteiger partial charge in [0.25, 0.3) is 0 Å². The molecular weight excluding hydrogens is 285 g/mol. The molecule has 5 nitrogen and oxygen atoms in total. The van der Waals surface area contributed by atoms with E-state index in [1.54, 1.807) is 6.07 Å². The van der Waals surface area contributed by atoms with Gasteiger partial charge in [0.15, 0.2) is 0 Å². The van der Waals surface area contributed by atoms with Gasteiger partial charge in [0.2, 0.25) is 0 Å². The van der Waals surface area contributed by atoms with Gasteiger partial charge in [-0.3, -0.25) is 0 Å². The van der Waals surface area contributed by atoms with Crippen LogP contribution in [0.15, 0.2) is 18.2 Å². The molecule has 1 aromatic carbocycles. The van der Waals surface area contributed by atoms with E-state index in [2.05, 4.69) is 10.6 Å². The number of benzene rings is 1. The van der Waals surface area contributed by atoms with Gasteiger partial charge in [-0.1, -0.05) is 0 Å². The fourth-order valence-electron chi connectivity index (χ4n) is 2.64. The predicted octanol–water partition coefficient (Wildman–Crippen LogP) is 2.43. The molecule has 6 heteroatoms. The summed E-state index contributed by atoms with van der Waals surface area (Å²) in [6.45, 7) is 3.15. The number of nitrogens with one attached hydrogen (secondary N) is 2. The fraction of sp³-hybridized carbons (Fsp3) is 0.562. The second-order valence-corrected chi connectivity index (χ2v) is 5.85. The Morgan fingerprint density at radius 1 is 1.45 bits per heavy atom. The van der Waals surface area contributed by atoms with E-state index in [-0.39, 0.29) is 23.9 Å². The van der Waals surface area contributed by atoms with Crippen LogP contribution in [-0.2, 0) is 4.74 Å². The molecule has 1 unspecified atom stereocenters. The van der Waals surface area contributed by atoms with Crippen molar-refractivity contribution in [2.24, 2.45) is 0 Å². The molecule has 0 bridgehead atoms. The number of hydrogen-bond donors (Lipinski definition) is 2. The number of amides is 2. The van der Waals surface area contributed by atoms with E-state index in [4.69, 9.17) is 4.74 Å². The lowest BCUT2D eigenvalue weighted by Crippen LogP contribution is -2.46. The molecule has 2 rings (SSSR count). The number of hydrogen-bond acceptors (Lipinski definition) is 3. The molecule has 1 saturated heterocycles. The van der Waals surface area contributed by atoms with Gasteiger partial charge in [-0.25, -0.2) is 9.18 Å². The molecule has 0 spiro atoms. The van der Waals surface area contributed by atoms with Crippen LogP contribution in [0, 0.1) is 5.82 Å². The molecule has 2 amide bonds. The summed E-state index contributed by atoms with van der Waals surface area (Å²) >= 11 is 0. The first-order valence-corrected chi connectivity index (χ1v) is 7.59. The van der Waals surface area contributed by atoms with Crippen molar-refractivity contribution in [2.45, 2.75) is 31.8 Å². The SMILES string of the molecule is CC(NC(=O)N[C@@H]1CCCOC1)c1cc(F)ccc1N(C)C. The van der Waals surface area contributed by atoms with Gasteiger partial charge in [0.1, 0.15) is 5.82 Å². The van der Waals surface area contributed by atoms with E-state index < -0.39 is 0 Å². The molecule has 22 heavy (non-hydrogen) atoms. The van der Waals surface area contributed by atoms with Crippen LogP contribution in [0.4, 0.5) is 14.9 Å². The quantitative estimate of drug-likeness (QED) is 0.898. The van der Waals surface area contributed by atoms with Crippen LogP contribution in [0.2, 0.25) is 0 Å². The summed E-state index contributed by atoms with van der Waals surface area (Å²) in [5.41, 5.74) is 1.63. The number of urea groups is 1. The standard InChI is InChI=1S/C16H24FN3O2/c1-11(14-9-12(17)6-7-15(14)20(2)3)18-16(21)19-13-5-4-8-22-10-13/h6-7,9,11,13H,4-5,8,10H2,1-3H3,(H2,18,19,21)/t11?,13-/m1/s1.